The van der Waals surface area contributed by atoms with Crippen molar-refractivity contribution in [1.82, 2.24) is 10.6 Å². The van der Waals surface area contributed by atoms with Gasteiger partial charge in [-0.25, -0.2) is 8.78 Å². The van der Waals surface area contributed by atoms with E-state index in [2.05, 4.69) is 10.6 Å². The zero-order chi connectivity index (χ0) is 17.8. The highest BCUT2D eigenvalue weighted by Crippen LogP contribution is 2.29. The predicted molar refractivity (Wildman–Crippen MR) is 90.0 cm³/mol. The summed E-state index contributed by atoms with van der Waals surface area (Å²) in [6.45, 7) is 2.42. The van der Waals surface area contributed by atoms with E-state index in [0.29, 0.717) is 19.6 Å². The van der Waals surface area contributed by atoms with Crippen molar-refractivity contribution < 1.29 is 13.6 Å². The Morgan fingerprint density at radius 1 is 1.32 bits per heavy atom. The quantitative estimate of drug-likeness (QED) is 0.872. The van der Waals surface area contributed by atoms with Gasteiger partial charge in [-0.2, -0.15) is 5.26 Å². The molecule has 2 unspecified atom stereocenters. The Hall–Kier alpha value is -2.20. The van der Waals surface area contributed by atoms with Gasteiger partial charge in [-0.1, -0.05) is 0 Å². The molecule has 0 radical (unpaired) electrons. The first-order valence-electron chi connectivity index (χ1n) is 8.73. The minimum absolute atomic E-state index is 0.00496. The Morgan fingerprint density at radius 2 is 2.08 bits per heavy atom. The second-order valence-electron chi connectivity index (χ2n) is 6.75. The summed E-state index contributed by atoms with van der Waals surface area (Å²) in [6.07, 6.45) is 3.58. The summed E-state index contributed by atoms with van der Waals surface area (Å²) in [6, 6.07) is 3.77. The molecule has 1 amide bonds. The van der Waals surface area contributed by atoms with Crippen molar-refractivity contribution in [2.24, 2.45) is 5.92 Å². The molecule has 2 aliphatic heterocycles. The Labute approximate surface area is 146 Å². The summed E-state index contributed by atoms with van der Waals surface area (Å²) < 4.78 is 28.4. The minimum Gasteiger partial charge on any atom is -0.366 e. The molecule has 0 aliphatic carbocycles. The van der Waals surface area contributed by atoms with Crippen molar-refractivity contribution in [3.63, 3.8) is 0 Å². The van der Waals surface area contributed by atoms with Gasteiger partial charge in [0.2, 0.25) is 5.91 Å². The Balaban J connectivity index is 1.61. The molecule has 1 aromatic carbocycles. The zero-order valence-corrected chi connectivity index (χ0v) is 14.0. The second kappa shape index (κ2) is 7.79. The highest BCUT2D eigenvalue weighted by molar-refractivity contribution is 5.82. The predicted octanol–water partition coefficient (Wildman–Crippen LogP) is 1.92. The monoisotopic (exact) mass is 348 g/mol. The second-order valence-corrected chi connectivity index (χ2v) is 6.75. The first kappa shape index (κ1) is 17.6. The maximum absolute atomic E-state index is 14.2. The molecule has 0 aromatic heterocycles. The number of benzene rings is 1. The van der Waals surface area contributed by atoms with Gasteiger partial charge < -0.3 is 15.5 Å². The first-order chi connectivity index (χ1) is 12.1. The Bertz CT molecular complexity index is 659. The van der Waals surface area contributed by atoms with Crippen LogP contribution in [0, 0.1) is 28.9 Å². The molecule has 3 rings (SSSR count). The number of rotatable bonds is 4. The highest BCUT2D eigenvalue weighted by atomic mass is 19.1. The van der Waals surface area contributed by atoms with E-state index in [4.69, 9.17) is 5.26 Å². The van der Waals surface area contributed by atoms with Gasteiger partial charge in [0, 0.05) is 19.6 Å². The number of halogens is 2. The molecule has 1 aromatic rings. The molecule has 2 N–H and O–H groups in total. The summed E-state index contributed by atoms with van der Waals surface area (Å²) in [4.78, 5) is 13.8. The van der Waals surface area contributed by atoms with Crippen LogP contribution < -0.4 is 15.5 Å². The van der Waals surface area contributed by atoms with E-state index in [-0.39, 0.29) is 29.1 Å². The van der Waals surface area contributed by atoms with Crippen LogP contribution in [0.5, 0.6) is 0 Å². The SMILES string of the molecule is N#Cc1cc(F)c(N2CCCC(CNC(=O)C3CCCN3)C2)c(F)c1. The van der Waals surface area contributed by atoms with E-state index in [1.165, 1.54) is 0 Å². The molecule has 134 valence electrons. The number of anilines is 1. The number of piperidine rings is 1. The fourth-order valence-electron chi connectivity index (χ4n) is 3.64. The van der Waals surface area contributed by atoms with Crippen LogP contribution in [0.1, 0.15) is 31.2 Å². The van der Waals surface area contributed by atoms with E-state index in [0.717, 1.165) is 44.4 Å². The molecule has 7 heteroatoms. The third kappa shape index (κ3) is 4.07. The third-order valence-corrected chi connectivity index (χ3v) is 4.92. The summed E-state index contributed by atoms with van der Waals surface area (Å²) in [5.41, 5.74) is -0.101. The normalized spacial score (nSPS) is 23.3. The van der Waals surface area contributed by atoms with Crippen LogP contribution in [-0.2, 0) is 4.79 Å². The van der Waals surface area contributed by atoms with Gasteiger partial charge in [-0.15, -0.1) is 0 Å². The van der Waals surface area contributed by atoms with Crippen LogP contribution in [-0.4, -0.2) is 38.1 Å². The van der Waals surface area contributed by atoms with E-state index in [1.807, 2.05) is 0 Å². The van der Waals surface area contributed by atoms with E-state index >= 15 is 0 Å². The minimum atomic E-state index is -0.712. The molecule has 2 heterocycles. The summed E-state index contributed by atoms with van der Waals surface area (Å²) in [7, 11) is 0. The van der Waals surface area contributed by atoms with Crippen LogP contribution in [0.4, 0.5) is 14.5 Å². The summed E-state index contributed by atoms with van der Waals surface area (Å²) in [5, 5.41) is 14.9. The molecule has 25 heavy (non-hydrogen) atoms. The van der Waals surface area contributed by atoms with Gasteiger partial charge in [-0.3, -0.25) is 4.79 Å². The van der Waals surface area contributed by atoms with E-state index < -0.39 is 11.6 Å². The molecule has 0 saturated carbocycles. The third-order valence-electron chi connectivity index (χ3n) is 4.92. The fourth-order valence-corrected chi connectivity index (χ4v) is 3.64. The van der Waals surface area contributed by atoms with Gasteiger partial charge >= 0.3 is 0 Å². The molecule has 2 aliphatic rings. The average molecular weight is 348 g/mol. The average Bonchev–Trinajstić information content (AvgIpc) is 3.14. The van der Waals surface area contributed by atoms with Crippen LogP contribution >= 0.6 is 0 Å². The lowest BCUT2D eigenvalue weighted by molar-refractivity contribution is -0.123. The lowest BCUT2D eigenvalue weighted by Crippen LogP contribution is -2.45. The van der Waals surface area contributed by atoms with Crippen molar-refractivity contribution in [3.05, 3.63) is 29.3 Å². The fraction of sp³-hybridized carbons (Fsp3) is 0.556. The van der Waals surface area contributed by atoms with E-state index in [9.17, 15) is 13.6 Å². The van der Waals surface area contributed by atoms with Gasteiger partial charge in [0.05, 0.1) is 17.7 Å². The molecule has 5 nitrogen and oxygen atoms in total. The topological polar surface area (TPSA) is 68.2 Å². The van der Waals surface area contributed by atoms with Crippen molar-refractivity contribution in [2.75, 3.05) is 31.1 Å². The van der Waals surface area contributed by atoms with Gasteiger partial charge in [0.1, 0.15) is 5.69 Å². The number of amides is 1. The van der Waals surface area contributed by atoms with Crippen LogP contribution in [0.2, 0.25) is 0 Å². The van der Waals surface area contributed by atoms with Gasteiger partial charge in [0.15, 0.2) is 11.6 Å². The number of carbonyl (C=O) groups excluding carboxylic acids is 1. The first-order valence-corrected chi connectivity index (χ1v) is 8.73. The molecule has 2 saturated heterocycles. The number of nitrogens with one attached hydrogen (secondary N) is 2. The summed E-state index contributed by atoms with van der Waals surface area (Å²) >= 11 is 0. The number of carbonyl (C=O) groups is 1. The number of nitrogens with zero attached hydrogens (tertiary/aromatic N) is 2. The molecule has 0 bridgehead atoms. The molecule has 2 atom stereocenters. The number of hydrogen-bond donors (Lipinski definition) is 2. The largest absolute Gasteiger partial charge is 0.366 e. The maximum Gasteiger partial charge on any atom is 0.237 e. The van der Waals surface area contributed by atoms with Crippen LogP contribution in [0.3, 0.4) is 0 Å². The smallest absolute Gasteiger partial charge is 0.237 e. The Morgan fingerprint density at radius 3 is 2.72 bits per heavy atom. The van der Waals surface area contributed by atoms with Crippen molar-refractivity contribution >= 4 is 11.6 Å². The maximum atomic E-state index is 14.2. The molecular formula is C18H22F2N4O. The molecular weight excluding hydrogens is 326 g/mol. The van der Waals surface area contributed by atoms with Crippen molar-refractivity contribution in [3.8, 4) is 6.07 Å². The summed E-state index contributed by atoms with van der Waals surface area (Å²) in [5.74, 6) is -1.27. The van der Waals surface area contributed by atoms with Crippen LogP contribution in [0.15, 0.2) is 12.1 Å². The Kier molecular flexibility index (Phi) is 5.49. The number of nitriles is 1. The van der Waals surface area contributed by atoms with Crippen LogP contribution in [0.25, 0.3) is 0 Å². The lowest BCUT2D eigenvalue weighted by Gasteiger charge is -2.35. The van der Waals surface area contributed by atoms with Gasteiger partial charge in [-0.05, 0) is 50.3 Å². The van der Waals surface area contributed by atoms with Crippen molar-refractivity contribution in [1.29, 1.82) is 5.26 Å². The highest BCUT2D eigenvalue weighted by Gasteiger charge is 2.27. The standard InChI is InChI=1S/C18H22F2N4O/c19-14-7-13(9-21)8-15(20)17(14)24-6-2-3-12(11-24)10-23-18(25)16-4-1-5-22-16/h7-8,12,16,22H,1-6,10-11H2,(H,23,25). The lowest BCUT2D eigenvalue weighted by atomic mass is 9.97. The molecule has 0 spiro atoms. The molecule has 2 fully saturated rings. The van der Waals surface area contributed by atoms with E-state index in [1.54, 1.807) is 11.0 Å². The van der Waals surface area contributed by atoms with Gasteiger partial charge in [0.25, 0.3) is 0 Å². The van der Waals surface area contributed by atoms with Crippen molar-refractivity contribution in [2.45, 2.75) is 31.7 Å². The zero-order valence-electron chi connectivity index (χ0n) is 14.0. The number of hydrogen-bond acceptors (Lipinski definition) is 4.